The molecule has 2 aliphatic rings. The highest BCUT2D eigenvalue weighted by Gasteiger charge is 2.26. The highest BCUT2D eigenvalue weighted by atomic mass is 35.5. The third-order valence-electron chi connectivity index (χ3n) is 4.85. The largest absolute Gasteiger partial charge is 0.362 e. The first-order valence-corrected chi connectivity index (χ1v) is 10.1. The standard InChI is InChI=1S/C17H22ClN3O3S/c18-13-5-6-15(16(11-13)21(23)24)19-7-9-20(10-8-19)17(22)12-25-14-3-1-2-4-14/h5-6,11,14H,1-4,7-10,12H2. The second-order valence-electron chi connectivity index (χ2n) is 6.48. The number of halogens is 1. The molecule has 0 aromatic heterocycles. The molecule has 0 atom stereocenters. The van der Waals surface area contributed by atoms with Crippen LogP contribution in [0.2, 0.25) is 5.02 Å². The first-order valence-electron chi connectivity index (χ1n) is 8.63. The maximum atomic E-state index is 12.4. The first-order chi connectivity index (χ1) is 12.0. The molecule has 0 bridgehead atoms. The second kappa shape index (κ2) is 8.27. The summed E-state index contributed by atoms with van der Waals surface area (Å²) in [7, 11) is 0. The lowest BCUT2D eigenvalue weighted by Gasteiger charge is -2.36. The summed E-state index contributed by atoms with van der Waals surface area (Å²) < 4.78 is 0. The summed E-state index contributed by atoms with van der Waals surface area (Å²) in [6, 6.07) is 4.74. The Hall–Kier alpha value is -1.47. The molecule has 3 rings (SSSR count). The summed E-state index contributed by atoms with van der Waals surface area (Å²) >= 11 is 7.66. The number of nitrogens with zero attached hydrogens (tertiary/aromatic N) is 3. The van der Waals surface area contributed by atoms with Crippen LogP contribution in [-0.4, -0.2) is 52.9 Å². The van der Waals surface area contributed by atoms with Gasteiger partial charge in [0.15, 0.2) is 0 Å². The van der Waals surface area contributed by atoms with Crippen LogP contribution < -0.4 is 4.90 Å². The molecule has 1 saturated heterocycles. The van der Waals surface area contributed by atoms with Gasteiger partial charge < -0.3 is 9.80 Å². The van der Waals surface area contributed by atoms with Gasteiger partial charge >= 0.3 is 0 Å². The Morgan fingerprint density at radius 2 is 1.92 bits per heavy atom. The Labute approximate surface area is 156 Å². The average molecular weight is 384 g/mol. The van der Waals surface area contributed by atoms with Crippen molar-refractivity contribution in [2.24, 2.45) is 0 Å². The Kier molecular flexibility index (Phi) is 6.06. The van der Waals surface area contributed by atoms with E-state index >= 15 is 0 Å². The summed E-state index contributed by atoms with van der Waals surface area (Å²) in [4.78, 5) is 27.1. The summed E-state index contributed by atoms with van der Waals surface area (Å²) in [5, 5.41) is 12.2. The van der Waals surface area contributed by atoms with E-state index in [9.17, 15) is 14.9 Å². The van der Waals surface area contributed by atoms with Crippen LogP contribution >= 0.6 is 23.4 Å². The van der Waals surface area contributed by atoms with E-state index in [0.717, 1.165) is 0 Å². The topological polar surface area (TPSA) is 66.7 Å². The molecule has 136 valence electrons. The highest BCUT2D eigenvalue weighted by molar-refractivity contribution is 8.00. The molecule has 0 spiro atoms. The molecule has 1 saturated carbocycles. The lowest BCUT2D eigenvalue weighted by atomic mass is 10.2. The molecule has 1 aromatic rings. The van der Waals surface area contributed by atoms with Crippen molar-refractivity contribution in [3.63, 3.8) is 0 Å². The van der Waals surface area contributed by atoms with E-state index in [2.05, 4.69) is 0 Å². The fourth-order valence-corrected chi connectivity index (χ4v) is 4.84. The number of nitro benzene ring substituents is 1. The van der Waals surface area contributed by atoms with Crippen molar-refractivity contribution in [2.45, 2.75) is 30.9 Å². The van der Waals surface area contributed by atoms with Crippen LogP contribution in [0.1, 0.15) is 25.7 Å². The van der Waals surface area contributed by atoms with Gasteiger partial charge in [-0.1, -0.05) is 24.4 Å². The fourth-order valence-electron chi connectivity index (χ4n) is 3.44. The molecule has 2 fully saturated rings. The molecule has 1 aliphatic carbocycles. The highest BCUT2D eigenvalue weighted by Crippen LogP contribution is 2.32. The molecule has 0 N–H and O–H groups in total. The van der Waals surface area contributed by atoms with Crippen molar-refractivity contribution in [3.05, 3.63) is 33.3 Å². The van der Waals surface area contributed by atoms with E-state index in [1.807, 2.05) is 9.80 Å². The Bertz CT molecular complexity index is 644. The average Bonchev–Trinajstić information content (AvgIpc) is 3.13. The van der Waals surface area contributed by atoms with Gasteiger partial charge in [0.05, 0.1) is 10.7 Å². The molecule has 1 amide bonds. The minimum atomic E-state index is -0.406. The maximum Gasteiger partial charge on any atom is 0.294 e. The number of amides is 1. The summed E-state index contributed by atoms with van der Waals surface area (Å²) in [6.45, 7) is 2.40. The molecule has 1 aliphatic heterocycles. The normalized spacial score (nSPS) is 18.6. The number of rotatable bonds is 5. The molecule has 25 heavy (non-hydrogen) atoms. The Balaban J connectivity index is 1.55. The zero-order chi connectivity index (χ0) is 17.8. The Morgan fingerprint density at radius 1 is 1.24 bits per heavy atom. The Morgan fingerprint density at radius 3 is 2.56 bits per heavy atom. The summed E-state index contributed by atoms with van der Waals surface area (Å²) in [5.74, 6) is 0.730. The van der Waals surface area contributed by atoms with Gasteiger partial charge in [0.2, 0.25) is 5.91 Å². The quantitative estimate of drug-likeness (QED) is 0.574. The predicted molar refractivity (Wildman–Crippen MR) is 102 cm³/mol. The number of thioether (sulfide) groups is 1. The number of benzene rings is 1. The molecule has 6 nitrogen and oxygen atoms in total. The minimum absolute atomic E-state index is 0.0177. The lowest BCUT2D eigenvalue weighted by Crippen LogP contribution is -2.49. The van der Waals surface area contributed by atoms with Crippen molar-refractivity contribution in [2.75, 3.05) is 36.8 Å². The van der Waals surface area contributed by atoms with E-state index in [0.29, 0.717) is 47.9 Å². The van der Waals surface area contributed by atoms with Gasteiger partial charge in [0.1, 0.15) is 5.69 Å². The molecular weight excluding hydrogens is 362 g/mol. The lowest BCUT2D eigenvalue weighted by molar-refractivity contribution is -0.384. The molecule has 1 aromatic carbocycles. The monoisotopic (exact) mass is 383 g/mol. The van der Waals surface area contributed by atoms with Crippen LogP contribution in [0.25, 0.3) is 0 Å². The van der Waals surface area contributed by atoms with Crippen LogP contribution in [0.4, 0.5) is 11.4 Å². The summed E-state index contributed by atoms with van der Waals surface area (Å²) in [5.41, 5.74) is 0.589. The second-order valence-corrected chi connectivity index (χ2v) is 8.20. The van der Waals surface area contributed by atoms with Crippen LogP contribution in [-0.2, 0) is 4.79 Å². The van der Waals surface area contributed by atoms with Crippen molar-refractivity contribution >= 4 is 40.6 Å². The molecule has 0 radical (unpaired) electrons. The number of nitro groups is 1. The molecule has 8 heteroatoms. The van der Waals surface area contributed by atoms with E-state index < -0.39 is 4.92 Å². The molecule has 1 heterocycles. The van der Waals surface area contributed by atoms with E-state index in [-0.39, 0.29) is 11.6 Å². The number of anilines is 1. The number of hydrogen-bond acceptors (Lipinski definition) is 5. The van der Waals surface area contributed by atoms with Crippen molar-refractivity contribution in [1.82, 2.24) is 4.90 Å². The van der Waals surface area contributed by atoms with Gasteiger partial charge in [-0.25, -0.2) is 0 Å². The zero-order valence-corrected chi connectivity index (χ0v) is 15.6. The van der Waals surface area contributed by atoms with Crippen LogP contribution in [0.3, 0.4) is 0 Å². The van der Waals surface area contributed by atoms with Crippen molar-refractivity contribution < 1.29 is 9.72 Å². The first kappa shape index (κ1) is 18.3. The minimum Gasteiger partial charge on any atom is -0.362 e. The maximum absolute atomic E-state index is 12.4. The number of carbonyl (C=O) groups excluding carboxylic acids is 1. The number of piperazine rings is 1. The van der Waals surface area contributed by atoms with Crippen molar-refractivity contribution in [3.8, 4) is 0 Å². The zero-order valence-electron chi connectivity index (χ0n) is 14.0. The summed E-state index contributed by atoms with van der Waals surface area (Å²) in [6.07, 6.45) is 5.02. The van der Waals surface area contributed by atoms with Gasteiger partial charge in [-0.05, 0) is 25.0 Å². The van der Waals surface area contributed by atoms with Crippen LogP contribution in [0, 0.1) is 10.1 Å². The SMILES string of the molecule is O=C(CSC1CCCC1)N1CCN(c2ccc(Cl)cc2[N+](=O)[O-])CC1. The van der Waals surface area contributed by atoms with Crippen LogP contribution in [0.5, 0.6) is 0 Å². The molecular formula is C17H22ClN3O3S. The van der Waals surface area contributed by atoms with Crippen molar-refractivity contribution in [1.29, 1.82) is 0 Å². The number of hydrogen-bond donors (Lipinski definition) is 0. The smallest absolute Gasteiger partial charge is 0.294 e. The van der Waals surface area contributed by atoms with Gasteiger partial charge in [-0.3, -0.25) is 14.9 Å². The predicted octanol–water partition coefficient (Wildman–Crippen LogP) is 3.57. The van der Waals surface area contributed by atoms with Gasteiger partial charge in [0.25, 0.3) is 5.69 Å². The van der Waals surface area contributed by atoms with Crippen LogP contribution in [0.15, 0.2) is 18.2 Å². The van der Waals surface area contributed by atoms with Gasteiger partial charge in [-0.15, -0.1) is 11.8 Å². The van der Waals surface area contributed by atoms with E-state index in [4.69, 9.17) is 11.6 Å². The third kappa shape index (κ3) is 4.58. The third-order valence-corrected chi connectivity index (χ3v) is 6.44. The van der Waals surface area contributed by atoms with E-state index in [1.54, 1.807) is 23.9 Å². The number of carbonyl (C=O) groups is 1. The molecule has 0 unspecified atom stereocenters. The van der Waals surface area contributed by atoms with E-state index in [1.165, 1.54) is 31.7 Å². The fraction of sp³-hybridized carbons (Fsp3) is 0.588. The van der Waals surface area contributed by atoms with Gasteiger partial charge in [0, 0.05) is 42.5 Å². The van der Waals surface area contributed by atoms with Gasteiger partial charge in [-0.2, -0.15) is 0 Å².